The number of benzene rings is 4. The highest BCUT2D eigenvalue weighted by Crippen LogP contribution is 2.38. The summed E-state index contributed by atoms with van der Waals surface area (Å²) in [6, 6.07) is 43.5. The Morgan fingerprint density at radius 1 is 0.421 bits per heavy atom. The molecule has 3 aromatic heterocycles. The number of nitrogens with zero attached hydrogens (tertiary/aromatic N) is 2. The lowest BCUT2D eigenvalue weighted by atomic mass is 10.0. The number of rotatable bonds is 4. The van der Waals surface area contributed by atoms with Gasteiger partial charge >= 0.3 is 0 Å². The second kappa shape index (κ2) is 14.4. The minimum absolute atomic E-state index is 0.884. The van der Waals surface area contributed by atoms with Gasteiger partial charge in [0.25, 0.3) is 0 Å². The van der Waals surface area contributed by atoms with E-state index in [1.165, 1.54) is 16.7 Å². The summed E-state index contributed by atoms with van der Waals surface area (Å²) in [7, 11) is -1.58. The molecule has 2 N–H and O–H groups in total. The number of hydrogen-bond donors (Lipinski definition) is 2. The van der Waals surface area contributed by atoms with Crippen LogP contribution >= 0.6 is 0 Å². The van der Waals surface area contributed by atoms with Gasteiger partial charge < -0.3 is 9.97 Å². The summed E-state index contributed by atoms with van der Waals surface area (Å²) >= 11 is 0. The third-order valence-corrected chi connectivity index (χ3v) is 11.4. The number of fused-ring (bicyclic) bond motifs is 8. The van der Waals surface area contributed by atoms with Crippen molar-refractivity contribution < 1.29 is 0 Å². The monoisotopic (exact) mass is 752 g/mol. The number of aromatic amines is 2. The maximum atomic E-state index is 5.48. The summed E-state index contributed by atoms with van der Waals surface area (Å²) in [6.07, 6.45) is 8.61. The molecule has 5 heteroatoms. The standard InChI is InChI=1S/C52H44N4Si/c1-33-10-16-37(17-11-33)49-41-22-24-43(53-41)50(38-18-12-34(2)13-19-38)45-26-28-47(55-45)52(40-9-7-8-36(32-40)30-31-57(4,5)6)48-29-27-46(56-48)51(44-25-23-42(49)54-44)39-20-14-35(3)15-21-39/h7-29,32,53,56H,1-6H3. The molecule has 7 aromatic rings. The highest BCUT2D eigenvalue weighted by atomic mass is 28.3. The second-order valence-electron chi connectivity index (χ2n) is 16.2. The Bertz CT molecular complexity index is 2950. The van der Waals surface area contributed by atoms with Gasteiger partial charge in [0.1, 0.15) is 8.07 Å². The summed E-state index contributed by atoms with van der Waals surface area (Å²) in [5, 5.41) is 0. The number of H-pyrrole nitrogens is 2. The van der Waals surface area contributed by atoms with Gasteiger partial charge in [-0.15, -0.1) is 5.54 Å². The van der Waals surface area contributed by atoms with Crippen LogP contribution in [0.3, 0.4) is 0 Å². The van der Waals surface area contributed by atoms with Crippen LogP contribution < -0.4 is 0 Å². The molecule has 0 atom stereocenters. The number of nitrogens with one attached hydrogen (secondary N) is 2. The van der Waals surface area contributed by atoms with E-state index in [4.69, 9.17) is 9.97 Å². The molecular weight excluding hydrogens is 709 g/mol. The van der Waals surface area contributed by atoms with E-state index in [0.29, 0.717) is 0 Å². The molecule has 4 nitrogen and oxygen atoms in total. The van der Waals surface area contributed by atoms with E-state index in [1.807, 2.05) is 0 Å². The molecule has 0 unspecified atom stereocenters. The number of hydrogen-bond acceptors (Lipinski definition) is 2. The fraction of sp³-hybridized carbons (Fsp3) is 0.115. The highest BCUT2D eigenvalue weighted by molar-refractivity contribution is 6.83. The lowest BCUT2D eigenvalue weighted by molar-refractivity contribution is 1.31. The van der Waals surface area contributed by atoms with E-state index in [2.05, 4.69) is 207 Å². The molecule has 0 fully saturated rings. The van der Waals surface area contributed by atoms with Gasteiger partial charge in [0, 0.05) is 49.9 Å². The smallest absolute Gasteiger partial charge is 0.129 e. The van der Waals surface area contributed by atoms with Crippen LogP contribution in [-0.4, -0.2) is 28.0 Å². The van der Waals surface area contributed by atoms with E-state index in [9.17, 15) is 0 Å². The molecule has 57 heavy (non-hydrogen) atoms. The minimum Gasteiger partial charge on any atom is -0.354 e. The molecule has 2 aliphatic rings. The Labute approximate surface area is 335 Å². The van der Waals surface area contributed by atoms with Gasteiger partial charge in [0.2, 0.25) is 0 Å². The van der Waals surface area contributed by atoms with Crippen molar-refractivity contribution in [3.05, 3.63) is 166 Å². The quantitative estimate of drug-likeness (QED) is 0.139. The fourth-order valence-corrected chi connectivity index (χ4v) is 8.11. The largest absolute Gasteiger partial charge is 0.354 e. The molecule has 0 saturated carbocycles. The SMILES string of the molecule is Cc1ccc(-c2c3nc(c(-c4ccc(C)cc4)c4ccc([nH]4)c(-c4cccc(C#C[Si](C)(C)C)c4)c4nc(c(-c5ccc(C)cc5)c5ccc2[nH]5)C=C4)C=C3)cc1. The Kier molecular flexibility index (Phi) is 9.08. The average molecular weight is 753 g/mol. The molecule has 5 heterocycles. The first-order chi connectivity index (χ1) is 27.6. The van der Waals surface area contributed by atoms with Crippen LogP contribution in [0.2, 0.25) is 19.6 Å². The minimum atomic E-state index is -1.58. The zero-order chi connectivity index (χ0) is 39.3. The van der Waals surface area contributed by atoms with Crippen molar-refractivity contribution in [1.29, 1.82) is 0 Å². The Morgan fingerprint density at radius 2 is 0.772 bits per heavy atom. The molecule has 276 valence electrons. The summed E-state index contributed by atoms with van der Waals surface area (Å²) in [5.74, 6) is 3.49. The van der Waals surface area contributed by atoms with Gasteiger partial charge in [0.05, 0.1) is 22.8 Å². The van der Waals surface area contributed by atoms with Crippen LogP contribution in [0.4, 0.5) is 0 Å². The lowest BCUT2D eigenvalue weighted by Gasteiger charge is -2.08. The summed E-state index contributed by atoms with van der Waals surface area (Å²) in [6.45, 7) is 13.2. The van der Waals surface area contributed by atoms with Crippen molar-refractivity contribution in [1.82, 2.24) is 19.9 Å². The molecule has 2 aliphatic heterocycles. The first-order valence-corrected chi connectivity index (χ1v) is 23.1. The molecule has 0 radical (unpaired) electrons. The molecule has 0 saturated heterocycles. The third kappa shape index (κ3) is 7.24. The van der Waals surface area contributed by atoms with Gasteiger partial charge in [-0.2, -0.15) is 0 Å². The van der Waals surface area contributed by atoms with Crippen LogP contribution in [0.1, 0.15) is 45.0 Å². The van der Waals surface area contributed by atoms with Crippen LogP contribution in [0.5, 0.6) is 0 Å². The van der Waals surface area contributed by atoms with Gasteiger partial charge in [-0.3, -0.25) is 0 Å². The van der Waals surface area contributed by atoms with E-state index in [1.54, 1.807) is 0 Å². The molecule has 0 amide bonds. The van der Waals surface area contributed by atoms with Crippen molar-refractivity contribution in [2.24, 2.45) is 0 Å². The van der Waals surface area contributed by atoms with Gasteiger partial charge in [-0.1, -0.05) is 127 Å². The molecular formula is C52H44N4Si. The summed E-state index contributed by atoms with van der Waals surface area (Å²) in [4.78, 5) is 18.7. The predicted octanol–water partition coefficient (Wildman–Crippen LogP) is 13.5. The number of aryl methyl sites for hydroxylation is 3. The van der Waals surface area contributed by atoms with E-state index >= 15 is 0 Å². The molecule has 0 spiro atoms. The van der Waals surface area contributed by atoms with Crippen LogP contribution in [0.25, 0.3) is 90.9 Å². The van der Waals surface area contributed by atoms with Crippen LogP contribution in [0.15, 0.2) is 121 Å². The van der Waals surface area contributed by atoms with Gasteiger partial charge in [-0.05, 0) is 104 Å². The van der Waals surface area contributed by atoms with Crippen molar-refractivity contribution in [2.75, 3.05) is 0 Å². The van der Waals surface area contributed by atoms with Crippen LogP contribution in [-0.2, 0) is 0 Å². The zero-order valence-corrected chi connectivity index (χ0v) is 34.3. The Balaban J connectivity index is 1.44. The normalized spacial score (nSPS) is 12.1. The van der Waals surface area contributed by atoms with E-state index < -0.39 is 8.07 Å². The maximum absolute atomic E-state index is 5.48. The second-order valence-corrected chi connectivity index (χ2v) is 20.9. The Hall–Kier alpha value is -6.74. The van der Waals surface area contributed by atoms with Crippen molar-refractivity contribution in [3.8, 4) is 56.0 Å². The first kappa shape index (κ1) is 35.9. The van der Waals surface area contributed by atoms with Gasteiger partial charge in [0.15, 0.2) is 0 Å². The zero-order valence-electron chi connectivity index (χ0n) is 33.3. The summed E-state index contributed by atoms with van der Waals surface area (Å²) in [5.41, 5.74) is 24.2. The van der Waals surface area contributed by atoms with Crippen LogP contribution in [0, 0.1) is 32.2 Å². The lowest BCUT2D eigenvalue weighted by Crippen LogP contribution is -2.16. The van der Waals surface area contributed by atoms with Crippen molar-refractivity contribution in [2.45, 2.75) is 40.4 Å². The third-order valence-electron chi connectivity index (χ3n) is 10.5. The van der Waals surface area contributed by atoms with E-state index in [-0.39, 0.29) is 0 Å². The van der Waals surface area contributed by atoms with Gasteiger partial charge in [-0.25, -0.2) is 9.97 Å². The van der Waals surface area contributed by atoms with Crippen molar-refractivity contribution >= 4 is 54.4 Å². The van der Waals surface area contributed by atoms with E-state index in [0.717, 1.165) is 94.9 Å². The number of aromatic nitrogens is 4. The first-order valence-electron chi connectivity index (χ1n) is 19.6. The summed E-state index contributed by atoms with van der Waals surface area (Å²) < 4.78 is 0. The average Bonchev–Trinajstić information content (AvgIpc) is 4.04. The fourth-order valence-electron chi connectivity index (χ4n) is 7.59. The van der Waals surface area contributed by atoms with Crippen molar-refractivity contribution in [3.63, 3.8) is 0 Å². The highest BCUT2D eigenvalue weighted by Gasteiger charge is 2.19. The molecule has 0 aliphatic carbocycles. The predicted molar refractivity (Wildman–Crippen MR) is 245 cm³/mol. The molecule has 4 aromatic carbocycles. The topological polar surface area (TPSA) is 57.4 Å². The molecule has 9 rings (SSSR count). The maximum Gasteiger partial charge on any atom is 0.129 e. The Morgan fingerprint density at radius 3 is 1.12 bits per heavy atom. The molecule has 8 bridgehead atoms.